The van der Waals surface area contributed by atoms with E-state index in [1.807, 2.05) is 12.1 Å². The van der Waals surface area contributed by atoms with E-state index in [4.69, 9.17) is 5.11 Å². The molecule has 2 N–H and O–H groups in total. The molecule has 1 saturated carbocycles. The van der Waals surface area contributed by atoms with Gasteiger partial charge in [0.15, 0.2) is 0 Å². The standard InChI is InChI=1S/C12H14BrNO2/c1-12(2)6-10(12)14-9-4-3-7(13)5-8(9)11(15)16/h3-5,10,14H,6H2,1-2H3,(H,15,16). The third kappa shape index (κ3) is 2.21. The van der Waals surface area contributed by atoms with E-state index in [1.54, 1.807) is 6.07 Å². The van der Waals surface area contributed by atoms with Gasteiger partial charge in [0.05, 0.1) is 5.56 Å². The fourth-order valence-corrected chi connectivity index (χ4v) is 2.08. The van der Waals surface area contributed by atoms with Crippen molar-refractivity contribution in [2.24, 2.45) is 5.41 Å². The molecule has 3 nitrogen and oxygen atoms in total. The van der Waals surface area contributed by atoms with E-state index in [1.165, 1.54) is 0 Å². The van der Waals surface area contributed by atoms with Gasteiger partial charge in [-0.05, 0) is 30.0 Å². The van der Waals surface area contributed by atoms with Crippen LogP contribution in [-0.2, 0) is 0 Å². The summed E-state index contributed by atoms with van der Waals surface area (Å²) >= 11 is 3.28. The third-order valence-corrected chi connectivity index (χ3v) is 3.55. The Hall–Kier alpha value is -1.03. The summed E-state index contributed by atoms with van der Waals surface area (Å²) in [5, 5.41) is 12.4. The summed E-state index contributed by atoms with van der Waals surface area (Å²) in [6.07, 6.45) is 1.09. The van der Waals surface area contributed by atoms with Crippen molar-refractivity contribution in [1.82, 2.24) is 0 Å². The first kappa shape index (κ1) is 11.5. The second-order valence-electron chi connectivity index (χ2n) is 4.88. The number of benzene rings is 1. The van der Waals surface area contributed by atoms with Crippen molar-refractivity contribution < 1.29 is 9.90 Å². The minimum absolute atomic E-state index is 0.281. The summed E-state index contributed by atoms with van der Waals surface area (Å²) in [7, 11) is 0. The van der Waals surface area contributed by atoms with Gasteiger partial charge in [0.25, 0.3) is 0 Å². The largest absolute Gasteiger partial charge is 0.478 e. The maximum Gasteiger partial charge on any atom is 0.337 e. The Labute approximate surface area is 103 Å². The molecule has 2 rings (SSSR count). The molecule has 0 saturated heterocycles. The first-order valence-electron chi connectivity index (χ1n) is 5.19. The molecule has 0 spiro atoms. The molecule has 0 aliphatic heterocycles. The molecule has 1 aromatic rings. The fourth-order valence-electron chi connectivity index (χ4n) is 1.72. The number of nitrogens with one attached hydrogen (secondary N) is 1. The van der Waals surface area contributed by atoms with E-state index in [9.17, 15) is 4.79 Å². The lowest BCUT2D eigenvalue weighted by Gasteiger charge is -2.11. The Morgan fingerprint density at radius 1 is 1.56 bits per heavy atom. The lowest BCUT2D eigenvalue weighted by Crippen LogP contribution is -2.12. The highest BCUT2D eigenvalue weighted by Gasteiger charge is 2.45. The van der Waals surface area contributed by atoms with Crippen LogP contribution in [0.15, 0.2) is 22.7 Å². The number of anilines is 1. The molecule has 0 amide bonds. The molecule has 0 radical (unpaired) electrons. The van der Waals surface area contributed by atoms with Crippen molar-refractivity contribution in [3.05, 3.63) is 28.2 Å². The van der Waals surface area contributed by atoms with Crippen molar-refractivity contribution in [3.8, 4) is 0 Å². The van der Waals surface area contributed by atoms with Gasteiger partial charge < -0.3 is 10.4 Å². The minimum atomic E-state index is -0.901. The van der Waals surface area contributed by atoms with E-state index in [-0.39, 0.29) is 5.41 Å². The predicted octanol–water partition coefficient (Wildman–Crippen LogP) is 3.36. The molecular formula is C12H14BrNO2. The first-order valence-corrected chi connectivity index (χ1v) is 5.99. The second-order valence-corrected chi connectivity index (χ2v) is 5.80. The summed E-state index contributed by atoms with van der Waals surface area (Å²) in [6, 6.07) is 5.67. The monoisotopic (exact) mass is 283 g/mol. The molecule has 16 heavy (non-hydrogen) atoms. The Balaban J connectivity index is 2.24. The first-order chi connectivity index (χ1) is 7.40. The van der Waals surface area contributed by atoms with Crippen LogP contribution in [0.2, 0.25) is 0 Å². The van der Waals surface area contributed by atoms with E-state index in [0.29, 0.717) is 17.3 Å². The average Bonchev–Trinajstić information content (AvgIpc) is 2.76. The third-order valence-electron chi connectivity index (χ3n) is 3.06. The lowest BCUT2D eigenvalue weighted by atomic mass is 10.1. The van der Waals surface area contributed by atoms with Crippen molar-refractivity contribution in [2.75, 3.05) is 5.32 Å². The van der Waals surface area contributed by atoms with Gasteiger partial charge in [0.1, 0.15) is 0 Å². The van der Waals surface area contributed by atoms with E-state index >= 15 is 0 Å². The number of hydrogen-bond donors (Lipinski definition) is 2. The predicted molar refractivity (Wildman–Crippen MR) is 66.9 cm³/mol. The van der Waals surface area contributed by atoms with Crippen LogP contribution in [0.4, 0.5) is 5.69 Å². The van der Waals surface area contributed by atoms with Gasteiger partial charge >= 0.3 is 5.97 Å². The molecule has 0 aromatic heterocycles. The van der Waals surface area contributed by atoms with Crippen LogP contribution in [-0.4, -0.2) is 17.1 Å². The number of halogens is 1. The van der Waals surface area contributed by atoms with Crippen molar-refractivity contribution in [1.29, 1.82) is 0 Å². The molecule has 1 aliphatic carbocycles. The Morgan fingerprint density at radius 2 is 2.19 bits per heavy atom. The summed E-state index contributed by atoms with van der Waals surface area (Å²) in [5.41, 5.74) is 1.30. The molecule has 86 valence electrons. The molecule has 1 aromatic carbocycles. The average molecular weight is 284 g/mol. The minimum Gasteiger partial charge on any atom is -0.478 e. The van der Waals surface area contributed by atoms with Crippen LogP contribution in [0.3, 0.4) is 0 Å². The number of carbonyl (C=O) groups is 1. The Bertz CT molecular complexity index is 443. The molecule has 4 heteroatoms. The molecule has 1 unspecified atom stereocenters. The van der Waals surface area contributed by atoms with E-state index in [0.717, 1.165) is 10.9 Å². The maximum absolute atomic E-state index is 11.1. The van der Waals surface area contributed by atoms with Crippen LogP contribution < -0.4 is 5.32 Å². The van der Waals surface area contributed by atoms with Crippen molar-refractivity contribution in [3.63, 3.8) is 0 Å². The van der Waals surface area contributed by atoms with Crippen LogP contribution in [0.1, 0.15) is 30.6 Å². The summed E-state index contributed by atoms with van der Waals surface area (Å²) in [5.74, 6) is -0.901. The molecule has 0 heterocycles. The molecule has 0 bridgehead atoms. The van der Waals surface area contributed by atoms with Crippen LogP contribution in [0.5, 0.6) is 0 Å². The molecule has 1 aliphatic rings. The van der Waals surface area contributed by atoms with Gasteiger partial charge in [-0.15, -0.1) is 0 Å². The maximum atomic E-state index is 11.1. The van der Waals surface area contributed by atoms with Gasteiger partial charge in [-0.2, -0.15) is 0 Å². The SMILES string of the molecule is CC1(C)CC1Nc1ccc(Br)cc1C(=O)O. The molecular weight excluding hydrogens is 270 g/mol. The van der Waals surface area contributed by atoms with Gasteiger partial charge in [0.2, 0.25) is 0 Å². The number of rotatable bonds is 3. The van der Waals surface area contributed by atoms with Crippen molar-refractivity contribution in [2.45, 2.75) is 26.3 Å². The Kier molecular flexibility index (Phi) is 2.70. The number of hydrogen-bond acceptors (Lipinski definition) is 2. The number of carboxylic acid groups (broad SMARTS) is 1. The van der Waals surface area contributed by atoms with Crippen LogP contribution >= 0.6 is 15.9 Å². The van der Waals surface area contributed by atoms with Gasteiger partial charge in [-0.25, -0.2) is 4.79 Å². The zero-order valence-electron chi connectivity index (χ0n) is 9.25. The fraction of sp³-hybridized carbons (Fsp3) is 0.417. The number of carboxylic acids is 1. The van der Waals surface area contributed by atoms with Crippen LogP contribution in [0.25, 0.3) is 0 Å². The van der Waals surface area contributed by atoms with Gasteiger partial charge in [-0.3, -0.25) is 0 Å². The quantitative estimate of drug-likeness (QED) is 0.894. The normalized spacial score (nSPS) is 21.6. The summed E-state index contributed by atoms with van der Waals surface area (Å²) in [6.45, 7) is 4.34. The lowest BCUT2D eigenvalue weighted by molar-refractivity contribution is 0.0698. The van der Waals surface area contributed by atoms with Crippen LogP contribution in [0, 0.1) is 5.41 Å². The smallest absolute Gasteiger partial charge is 0.337 e. The topological polar surface area (TPSA) is 49.3 Å². The molecule has 1 fully saturated rings. The second kappa shape index (κ2) is 3.77. The highest BCUT2D eigenvalue weighted by molar-refractivity contribution is 9.10. The Morgan fingerprint density at radius 3 is 2.69 bits per heavy atom. The summed E-state index contributed by atoms with van der Waals surface area (Å²) < 4.78 is 0.783. The zero-order valence-corrected chi connectivity index (χ0v) is 10.8. The van der Waals surface area contributed by atoms with Crippen molar-refractivity contribution >= 4 is 27.6 Å². The zero-order chi connectivity index (χ0) is 11.9. The highest BCUT2D eigenvalue weighted by Crippen LogP contribution is 2.46. The molecule has 1 atom stereocenters. The number of aromatic carboxylic acids is 1. The van der Waals surface area contributed by atoms with E-state index < -0.39 is 5.97 Å². The van der Waals surface area contributed by atoms with Gasteiger partial charge in [-0.1, -0.05) is 29.8 Å². The summed E-state index contributed by atoms with van der Waals surface area (Å²) in [4.78, 5) is 11.1. The van der Waals surface area contributed by atoms with Gasteiger partial charge in [0, 0.05) is 16.2 Å². The van der Waals surface area contributed by atoms with E-state index in [2.05, 4.69) is 35.1 Å². The highest BCUT2D eigenvalue weighted by atomic mass is 79.9.